The second kappa shape index (κ2) is 9.82. The highest BCUT2D eigenvalue weighted by molar-refractivity contribution is 6.02. The highest BCUT2D eigenvalue weighted by Gasteiger charge is 2.14. The van der Waals surface area contributed by atoms with Gasteiger partial charge in [0.2, 0.25) is 5.91 Å². The number of para-hydroxylation sites is 1. The normalized spacial score (nSPS) is 10.9. The van der Waals surface area contributed by atoms with E-state index in [9.17, 15) is 9.18 Å². The summed E-state index contributed by atoms with van der Waals surface area (Å²) in [5.74, 6) is 0.483. The molecule has 1 N–H and O–H groups in total. The van der Waals surface area contributed by atoms with E-state index >= 15 is 0 Å². The van der Waals surface area contributed by atoms with Crippen LogP contribution in [-0.4, -0.2) is 29.9 Å². The first-order valence-corrected chi connectivity index (χ1v) is 10.2. The number of carbonyl (C=O) groups is 1. The van der Waals surface area contributed by atoms with Gasteiger partial charge in [-0.1, -0.05) is 18.2 Å². The fourth-order valence-electron chi connectivity index (χ4n) is 3.31. The summed E-state index contributed by atoms with van der Waals surface area (Å²) in [6.07, 6.45) is 4.96. The maximum atomic E-state index is 13.1. The highest BCUT2D eigenvalue weighted by Crippen LogP contribution is 2.33. The summed E-state index contributed by atoms with van der Waals surface area (Å²) in [6.45, 7) is 0. The van der Waals surface area contributed by atoms with Gasteiger partial charge >= 0.3 is 0 Å². The van der Waals surface area contributed by atoms with Crippen molar-refractivity contribution in [2.24, 2.45) is 0 Å². The van der Waals surface area contributed by atoms with Crippen molar-refractivity contribution in [3.63, 3.8) is 0 Å². The minimum atomic E-state index is -0.364. The van der Waals surface area contributed by atoms with Gasteiger partial charge in [0.05, 0.1) is 19.9 Å². The lowest BCUT2D eigenvalue weighted by Gasteiger charge is -2.09. The summed E-state index contributed by atoms with van der Waals surface area (Å²) in [4.78, 5) is 12.4. The first kappa shape index (κ1) is 21.8. The van der Waals surface area contributed by atoms with Gasteiger partial charge in [-0.05, 0) is 60.7 Å². The van der Waals surface area contributed by atoms with Crippen LogP contribution in [0, 0.1) is 5.82 Å². The molecule has 0 aliphatic rings. The fraction of sp³-hybridized carbons (Fsp3) is 0.0769. The summed E-state index contributed by atoms with van der Waals surface area (Å²) < 4.78 is 25.6. The van der Waals surface area contributed by atoms with Crippen molar-refractivity contribution in [3.05, 3.63) is 96.4 Å². The first-order chi connectivity index (χ1) is 16.1. The van der Waals surface area contributed by atoms with Gasteiger partial charge in [0, 0.05) is 29.1 Å². The third-order valence-electron chi connectivity index (χ3n) is 4.95. The SMILES string of the molecule is COc1ccc(-c2nn(-c3ccccc3)cc2C=CC(=O)Nc2ccc(F)cc2)cc1OC. The zero-order chi connectivity index (χ0) is 23.2. The molecule has 0 radical (unpaired) electrons. The molecule has 0 aliphatic carbocycles. The second-order valence-corrected chi connectivity index (χ2v) is 7.11. The van der Waals surface area contributed by atoms with Gasteiger partial charge in [0.25, 0.3) is 0 Å². The van der Waals surface area contributed by atoms with Crippen LogP contribution in [-0.2, 0) is 4.79 Å². The molecule has 0 bridgehead atoms. The van der Waals surface area contributed by atoms with Gasteiger partial charge in [-0.25, -0.2) is 9.07 Å². The summed E-state index contributed by atoms with van der Waals surface area (Å²) in [5.41, 5.74) is 3.60. The number of benzene rings is 3. The van der Waals surface area contributed by atoms with Crippen LogP contribution < -0.4 is 14.8 Å². The molecule has 4 rings (SSSR count). The molecule has 0 saturated heterocycles. The predicted octanol–water partition coefficient (Wildman–Crippen LogP) is 5.35. The average molecular weight is 443 g/mol. The molecule has 3 aromatic carbocycles. The largest absolute Gasteiger partial charge is 0.493 e. The lowest BCUT2D eigenvalue weighted by atomic mass is 10.1. The Kier molecular flexibility index (Phi) is 6.50. The number of amides is 1. The maximum Gasteiger partial charge on any atom is 0.248 e. The van der Waals surface area contributed by atoms with Crippen molar-refractivity contribution in [1.29, 1.82) is 0 Å². The van der Waals surface area contributed by atoms with E-state index in [1.165, 1.54) is 30.3 Å². The lowest BCUT2D eigenvalue weighted by molar-refractivity contribution is -0.111. The quantitative estimate of drug-likeness (QED) is 0.391. The Morgan fingerprint density at radius 3 is 2.39 bits per heavy atom. The van der Waals surface area contributed by atoms with Crippen LogP contribution in [0.1, 0.15) is 5.56 Å². The third kappa shape index (κ3) is 5.10. The molecule has 1 heterocycles. The number of nitrogens with one attached hydrogen (secondary N) is 1. The molecular formula is C26H22FN3O3. The minimum absolute atomic E-state index is 0.340. The Morgan fingerprint density at radius 2 is 1.70 bits per heavy atom. The average Bonchev–Trinajstić information content (AvgIpc) is 3.28. The Labute approximate surface area is 190 Å². The van der Waals surface area contributed by atoms with E-state index < -0.39 is 0 Å². The van der Waals surface area contributed by atoms with E-state index in [1.54, 1.807) is 25.0 Å². The highest BCUT2D eigenvalue weighted by atomic mass is 19.1. The molecule has 0 aliphatic heterocycles. The van der Waals surface area contributed by atoms with Gasteiger partial charge in [-0.3, -0.25) is 4.79 Å². The number of anilines is 1. The van der Waals surface area contributed by atoms with Crippen molar-refractivity contribution >= 4 is 17.7 Å². The standard InChI is InChI=1S/C26H22FN3O3/c1-32-23-14-8-18(16-24(23)33-2)26-19(17-30(29-26)22-6-4-3-5-7-22)9-15-25(31)28-21-12-10-20(27)11-13-21/h3-17H,1-2H3,(H,28,31). The maximum absolute atomic E-state index is 13.1. The van der Waals surface area contributed by atoms with Gasteiger partial charge < -0.3 is 14.8 Å². The Morgan fingerprint density at radius 1 is 0.970 bits per heavy atom. The third-order valence-corrected chi connectivity index (χ3v) is 4.95. The van der Waals surface area contributed by atoms with Gasteiger partial charge in [0.15, 0.2) is 11.5 Å². The Bertz CT molecular complexity index is 1280. The number of methoxy groups -OCH3 is 2. The van der Waals surface area contributed by atoms with Gasteiger partial charge in [-0.2, -0.15) is 5.10 Å². The molecule has 7 heteroatoms. The monoisotopic (exact) mass is 443 g/mol. The number of halogens is 1. The second-order valence-electron chi connectivity index (χ2n) is 7.11. The number of ether oxygens (including phenoxy) is 2. The van der Waals surface area contributed by atoms with Crippen molar-refractivity contribution in [2.75, 3.05) is 19.5 Å². The van der Waals surface area contributed by atoms with Crippen molar-refractivity contribution in [2.45, 2.75) is 0 Å². The molecule has 1 aromatic heterocycles. The molecule has 1 amide bonds. The van der Waals surface area contributed by atoms with Crippen LogP contribution in [0.4, 0.5) is 10.1 Å². The zero-order valence-electron chi connectivity index (χ0n) is 18.2. The number of aromatic nitrogens is 2. The summed E-state index contributed by atoms with van der Waals surface area (Å²) in [7, 11) is 3.15. The summed E-state index contributed by atoms with van der Waals surface area (Å²) >= 11 is 0. The molecule has 0 unspecified atom stereocenters. The van der Waals surface area contributed by atoms with Crippen LogP contribution in [0.5, 0.6) is 11.5 Å². The lowest BCUT2D eigenvalue weighted by Crippen LogP contribution is -2.07. The molecule has 4 aromatic rings. The fourth-order valence-corrected chi connectivity index (χ4v) is 3.31. The van der Waals surface area contributed by atoms with Crippen molar-refractivity contribution in [1.82, 2.24) is 9.78 Å². The van der Waals surface area contributed by atoms with E-state index in [1.807, 2.05) is 54.7 Å². The van der Waals surface area contributed by atoms with Crippen LogP contribution in [0.2, 0.25) is 0 Å². The van der Waals surface area contributed by atoms with E-state index in [-0.39, 0.29) is 11.7 Å². The van der Waals surface area contributed by atoms with Gasteiger partial charge in [-0.15, -0.1) is 0 Å². The molecular weight excluding hydrogens is 421 g/mol. The Hall–Kier alpha value is -4.39. The minimum Gasteiger partial charge on any atom is -0.493 e. The molecule has 0 saturated carbocycles. The molecule has 0 atom stereocenters. The number of hydrogen-bond donors (Lipinski definition) is 1. The van der Waals surface area contributed by atoms with E-state index in [2.05, 4.69) is 5.32 Å². The summed E-state index contributed by atoms with van der Waals surface area (Å²) in [5, 5.41) is 7.46. The van der Waals surface area contributed by atoms with Crippen LogP contribution in [0.25, 0.3) is 23.0 Å². The molecule has 33 heavy (non-hydrogen) atoms. The molecule has 166 valence electrons. The molecule has 0 fully saturated rings. The molecule has 0 spiro atoms. The topological polar surface area (TPSA) is 65.4 Å². The number of rotatable bonds is 7. The van der Waals surface area contributed by atoms with E-state index in [0.717, 1.165) is 16.8 Å². The van der Waals surface area contributed by atoms with Crippen LogP contribution in [0.3, 0.4) is 0 Å². The van der Waals surface area contributed by atoms with Crippen LogP contribution in [0.15, 0.2) is 85.1 Å². The molecule has 6 nitrogen and oxygen atoms in total. The predicted molar refractivity (Wildman–Crippen MR) is 126 cm³/mol. The number of hydrogen-bond acceptors (Lipinski definition) is 4. The smallest absolute Gasteiger partial charge is 0.248 e. The van der Waals surface area contributed by atoms with E-state index in [4.69, 9.17) is 14.6 Å². The van der Waals surface area contributed by atoms with Crippen molar-refractivity contribution in [3.8, 4) is 28.4 Å². The van der Waals surface area contributed by atoms with Gasteiger partial charge in [0.1, 0.15) is 11.5 Å². The number of nitrogens with zero attached hydrogens (tertiary/aromatic N) is 2. The summed E-state index contributed by atoms with van der Waals surface area (Å²) in [6, 6.07) is 20.8. The van der Waals surface area contributed by atoms with E-state index in [0.29, 0.717) is 22.9 Å². The van der Waals surface area contributed by atoms with Crippen molar-refractivity contribution < 1.29 is 18.7 Å². The van der Waals surface area contributed by atoms with Crippen LogP contribution >= 0.6 is 0 Å². The first-order valence-electron chi connectivity index (χ1n) is 10.2. The number of carbonyl (C=O) groups excluding carboxylic acids is 1. The Balaban J connectivity index is 1.68. The zero-order valence-corrected chi connectivity index (χ0v) is 18.2.